The molecule has 2 aliphatic rings. The molecular weight excluding hydrogens is 178 g/mol. The third-order valence-corrected chi connectivity index (χ3v) is 4.07. The summed E-state index contributed by atoms with van der Waals surface area (Å²) in [6, 6.07) is 0.132. The summed E-state index contributed by atoms with van der Waals surface area (Å²) in [6.45, 7) is 0. The van der Waals surface area contributed by atoms with Crippen LogP contribution in [0, 0.1) is 11.3 Å². The van der Waals surface area contributed by atoms with Crippen molar-refractivity contribution < 1.29 is 9.90 Å². The van der Waals surface area contributed by atoms with E-state index in [2.05, 4.69) is 0 Å². The molecule has 80 valence electrons. The van der Waals surface area contributed by atoms with Crippen LogP contribution in [0.15, 0.2) is 0 Å². The predicted octanol–water partition coefficient (Wildman–Crippen LogP) is 1.76. The summed E-state index contributed by atoms with van der Waals surface area (Å²) in [5, 5.41) is 9.30. The van der Waals surface area contributed by atoms with Crippen LogP contribution in [-0.4, -0.2) is 17.1 Å². The molecule has 0 aliphatic heterocycles. The fraction of sp³-hybridized carbons (Fsp3) is 0.909. The third kappa shape index (κ3) is 1.44. The molecule has 2 aliphatic carbocycles. The summed E-state index contributed by atoms with van der Waals surface area (Å²) in [5.41, 5.74) is 5.29. The predicted molar refractivity (Wildman–Crippen MR) is 53.9 cm³/mol. The SMILES string of the molecule is NC1CC(C(=O)O)(C2CCCCC2)C1. The van der Waals surface area contributed by atoms with Crippen LogP contribution in [0.25, 0.3) is 0 Å². The number of hydrogen-bond donors (Lipinski definition) is 2. The zero-order valence-corrected chi connectivity index (χ0v) is 8.54. The van der Waals surface area contributed by atoms with Gasteiger partial charge in [-0.3, -0.25) is 4.79 Å². The van der Waals surface area contributed by atoms with Crippen molar-refractivity contribution in [2.75, 3.05) is 0 Å². The third-order valence-electron chi connectivity index (χ3n) is 4.07. The molecule has 2 saturated carbocycles. The maximum absolute atomic E-state index is 11.3. The van der Waals surface area contributed by atoms with Gasteiger partial charge in [0.1, 0.15) is 0 Å². The number of carbonyl (C=O) groups is 1. The molecular formula is C11H19NO2. The highest BCUT2D eigenvalue weighted by Gasteiger charge is 2.53. The van der Waals surface area contributed by atoms with Crippen LogP contribution in [-0.2, 0) is 4.79 Å². The van der Waals surface area contributed by atoms with E-state index in [1.165, 1.54) is 19.3 Å². The van der Waals surface area contributed by atoms with Gasteiger partial charge in [-0.2, -0.15) is 0 Å². The molecule has 0 amide bonds. The summed E-state index contributed by atoms with van der Waals surface area (Å²) in [6.07, 6.45) is 7.28. The number of aliphatic carboxylic acids is 1. The first-order chi connectivity index (χ1) is 6.65. The largest absolute Gasteiger partial charge is 0.481 e. The Morgan fingerprint density at radius 3 is 2.21 bits per heavy atom. The number of carboxylic acids is 1. The van der Waals surface area contributed by atoms with Crippen LogP contribution in [0.5, 0.6) is 0 Å². The quantitative estimate of drug-likeness (QED) is 0.709. The average Bonchev–Trinajstić information content (AvgIpc) is 2.13. The van der Waals surface area contributed by atoms with Crippen molar-refractivity contribution in [1.82, 2.24) is 0 Å². The summed E-state index contributed by atoms with van der Waals surface area (Å²) in [5.74, 6) is -0.209. The normalized spacial score (nSPS) is 39.1. The van der Waals surface area contributed by atoms with Gasteiger partial charge in [-0.1, -0.05) is 19.3 Å². The molecule has 2 fully saturated rings. The van der Waals surface area contributed by atoms with Crippen molar-refractivity contribution in [1.29, 1.82) is 0 Å². The summed E-state index contributed by atoms with van der Waals surface area (Å²) < 4.78 is 0. The Morgan fingerprint density at radius 1 is 1.21 bits per heavy atom. The summed E-state index contributed by atoms with van der Waals surface area (Å²) >= 11 is 0. The Morgan fingerprint density at radius 2 is 1.79 bits per heavy atom. The second-order valence-electron chi connectivity index (χ2n) is 4.96. The Balaban J connectivity index is 2.07. The van der Waals surface area contributed by atoms with Crippen LogP contribution >= 0.6 is 0 Å². The highest BCUT2D eigenvalue weighted by molar-refractivity contribution is 5.76. The molecule has 0 bridgehead atoms. The average molecular weight is 197 g/mol. The molecule has 0 heterocycles. The van der Waals surface area contributed by atoms with Gasteiger partial charge in [0.05, 0.1) is 5.41 Å². The van der Waals surface area contributed by atoms with E-state index in [0.717, 1.165) is 12.8 Å². The number of rotatable bonds is 2. The van der Waals surface area contributed by atoms with Crippen LogP contribution in [0.4, 0.5) is 0 Å². The van der Waals surface area contributed by atoms with Gasteiger partial charge in [-0.25, -0.2) is 0 Å². The molecule has 3 heteroatoms. The second-order valence-corrected chi connectivity index (χ2v) is 4.96. The first-order valence-corrected chi connectivity index (χ1v) is 5.64. The van der Waals surface area contributed by atoms with Crippen molar-refractivity contribution in [3.63, 3.8) is 0 Å². The Hall–Kier alpha value is -0.570. The maximum atomic E-state index is 11.3. The molecule has 0 atom stereocenters. The van der Waals surface area contributed by atoms with E-state index in [4.69, 9.17) is 5.73 Å². The lowest BCUT2D eigenvalue weighted by molar-refractivity contribution is -0.162. The molecule has 0 unspecified atom stereocenters. The van der Waals surface area contributed by atoms with E-state index in [0.29, 0.717) is 18.8 Å². The Kier molecular flexibility index (Phi) is 2.52. The van der Waals surface area contributed by atoms with E-state index < -0.39 is 11.4 Å². The van der Waals surface area contributed by atoms with Crippen molar-refractivity contribution in [3.8, 4) is 0 Å². The topological polar surface area (TPSA) is 63.3 Å². The van der Waals surface area contributed by atoms with E-state index in [1.54, 1.807) is 0 Å². The molecule has 0 aromatic heterocycles. The number of nitrogens with two attached hydrogens (primary N) is 1. The van der Waals surface area contributed by atoms with Gasteiger partial charge in [0.2, 0.25) is 0 Å². The smallest absolute Gasteiger partial charge is 0.310 e. The molecule has 0 radical (unpaired) electrons. The van der Waals surface area contributed by atoms with Crippen molar-refractivity contribution in [3.05, 3.63) is 0 Å². The minimum absolute atomic E-state index is 0.132. The highest BCUT2D eigenvalue weighted by atomic mass is 16.4. The van der Waals surface area contributed by atoms with Gasteiger partial charge in [0.25, 0.3) is 0 Å². The monoisotopic (exact) mass is 197 g/mol. The van der Waals surface area contributed by atoms with Gasteiger partial charge in [0.15, 0.2) is 0 Å². The standard InChI is InChI=1S/C11H19NO2/c12-9-6-11(7-9,10(13)14)8-4-2-1-3-5-8/h8-9H,1-7,12H2,(H,13,14). The van der Waals surface area contributed by atoms with Gasteiger partial charge in [-0.15, -0.1) is 0 Å². The molecule has 3 nitrogen and oxygen atoms in total. The minimum atomic E-state index is -0.605. The lowest BCUT2D eigenvalue weighted by Crippen LogP contribution is -2.55. The van der Waals surface area contributed by atoms with E-state index in [9.17, 15) is 9.90 Å². The molecule has 0 spiro atoms. The fourth-order valence-corrected chi connectivity index (χ4v) is 3.21. The van der Waals surface area contributed by atoms with Crippen LogP contribution in [0.2, 0.25) is 0 Å². The van der Waals surface area contributed by atoms with Gasteiger partial charge in [-0.05, 0) is 31.6 Å². The molecule has 0 aromatic rings. The van der Waals surface area contributed by atoms with E-state index in [1.807, 2.05) is 0 Å². The van der Waals surface area contributed by atoms with Crippen LogP contribution < -0.4 is 5.73 Å². The molecule has 14 heavy (non-hydrogen) atoms. The fourth-order valence-electron chi connectivity index (χ4n) is 3.21. The Bertz CT molecular complexity index is 227. The maximum Gasteiger partial charge on any atom is 0.310 e. The summed E-state index contributed by atoms with van der Waals surface area (Å²) in [4.78, 5) is 11.3. The zero-order chi connectivity index (χ0) is 10.2. The summed E-state index contributed by atoms with van der Waals surface area (Å²) in [7, 11) is 0. The van der Waals surface area contributed by atoms with Crippen LogP contribution in [0.1, 0.15) is 44.9 Å². The molecule has 0 aromatic carbocycles. The van der Waals surface area contributed by atoms with Crippen molar-refractivity contribution >= 4 is 5.97 Å². The zero-order valence-electron chi connectivity index (χ0n) is 8.54. The minimum Gasteiger partial charge on any atom is -0.481 e. The highest BCUT2D eigenvalue weighted by Crippen LogP contribution is 2.51. The molecule has 2 rings (SSSR count). The van der Waals surface area contributed by atoms with E-state index >= 15 is 0 Å². The number of hydrogen-bond acceptors (Lipinski definition) is 2. The lowest BCUT2D eigenvalue weighted by Gasteiger charge is -2.49. The first-order valence-electron chi connectivity index (χ1n) is 5.64. The van der Waals surface area contributed by atoms with Gasteiger partial charge < -0.3 is 10.8 Å². The van der Waals surface area contributed by atoms with E-state index in [-0.39, 0.29) is 6.04 Å². The van der Waals surface area contributed by atoms with Crippen molar-refractivity contribution in [2.24, 2.45) is 17.1 Å². The Labute approximate surface area is 84.7 Å². The van der Waals surface area contributed by atoms with Crippen molar-refractivity contribution in [2.45, 2.75) is 51.0 Å². The van der Waals surface area contributed by atoms with Gasteiger partial charge in [0, 0.05) is 6.04 Å². The molecule has 0 saturated heterocycles. The molecule has 3 N–H and O–H groups in total. The number of carboxylic acid groups (broad SMARTS) is 1. The first kappa shape index (κ1) is 9.97. The van der Waals surface area contributed by atoms with Gasteiger partial charge >= 0.3 is 5.97 Å². The lowest BCUT2D eigenvalue weighted by atomic mass is 9.56. The second kappa shape index (κ2) is 3.54. The van der Waals surface area contributed by atoms with Crippen LogP contribution in [0.3, 0.4) is 0 Å².